The van der Waals surface area contributed by atoms with Gasteiger partial charge in [-0.1, -0.05) is 23.7 Å². The summed E-state index contributed by atoms with van der Waals surface area (Å²) in [4.78, 5) is 19.8. The van der Waals surface area contributed by atoms with Crippen molar-refractivity contribution in [1.29, 1.82) is 0 Å². The average Bonchev–Trinajstić information content (AvgIpc) is 3.30. The summed E-state index contributed by atoms with van der Waals surface area (Å²) in [6.45, 7) is 1.47. The Bertz CT molecular complexity index is 1110. The van der Waals surface area contributed by atoms with Crippen LogP contribution < -0.4 is 5.32 Å². The van der Waals surface area contributed by atoms with Crippen LogP contribution in [-0.2, 0) is 11.2 Å². The van der Waals surface area contributed by atoms with Crippen LogP contribution in [0.3, 0.4) is 0 Å². The number of pyridine rings is 1. The third kappa shape index (κ3) is 3.95. The van der Waals surface area contributed by atoms with E-state index in [2.05, 4.69) is 25.5 Å². The SMILES string of the molecule is CC(=O)Nc1nc(Cc2[nH]nc(-c3ccc(Cl)cc3)c2-c2ccncc2)cs1. The summed E-state index contributed by atoms with van der Waals surface area (Å²) < 4.78 is 0. The van der Waals surface area contributed by atoms with Crippen LogP contribution in [0.25, 0.3) is 22.4 Å². The average molecular weight is 410 g/mol. The zero-order valence-corrected chi connectivity index (χ0v) is 16.5. The molecule has 28 heavy (non-hydrogen) atoms. The second-order valence-electron chi connectivity index (χ2n) is 6.17. The Morgan fingerprint density at radius 1 is 1.14 bits per heavy atom. The van der Waals surface area contributed by atoms with E-state index in [0.717, 1.165) is 33.8 Å². The fourth-order valence-electron chi connectivity index (χ4n) is 2.93. The summed E-state index contributed by atoms with van der Waals surface area (Å²) in [5.41, 5.74) is 5.62. The monoisotopic (exact) mass is 409 g/mol. The quantitative estimate of drug-likeness (QED) is 0.496. The van der Waals surface area contributed by atoms with E-state index in [-0.39, 0.29) is 5.91 Å². The molecular weight excluding hydrogens is 394 g/mol. The van der Waals surface area contributed by atoms with Gasteiger partial charge in [0.1, 0.15) is 5.69 Å². The van der Waals surface area contributed by atoms with Crippen LogP contribution in [0.1, 0.15) is 18.3 Å². The van der Waals surface area contributed by atoms with Gasteiger partial charge in [0.25, 0.3) is 0 Å². The number of carbonyl (C=O) groups excluding carboxylic acids is 1. The number of aromatic amines is 1. The molecule has 0 atom stereocenters. The number of thiazole rings is 1. The van der Waals surface area contributed by atoms with Crippen LogP contribution in [0.15, 0.2) is 54.2 Å². The summed E-state index contributed by atoms with van der Waals surface area (Å²) in [6, 6.07) is 11.5. The molecule has 4 aromatic rings. The number of hydrogen-bond acceptors (Lipinski definition) is 5. The van der Waals surface area contributed by atoms with E-state index in [4.69, 9.17) is 11.6 Å². The second kappa shape index (κ2) is 7.92. The topological polar surface area (TPSA) is 83.6 Å². The third-order valence-corrected chi connectivity index (χ3v) is 5.18. The molecule has 0 spiro atoms. The van der Waals surface area contributed by atoms with Crippen LogP contribution in [0.4, 0.5) is 5.13 Å². The number of nitrogens with one attached hydrogen (secondary N) is 2. The van der Waals surface area contributed by atoms with Gasteiger partial charge < -0.3 is 5.32 Å². The van der Waals surface area contributed by atoms with Crippen molar-refractivity contribution in [3.05, 3.63) is 70.6 Å². The number of H-pyrrole nitrogens is 1. The number of carbonyl (C=O) groups is 1. The smallest absolute Gasteiger partial charge is 0.223 e. The molecule has 0 bridgehead atoms. The molecule has 1 amide bonds. The Kier molecular flexibility index (Phi) is 5.18. The predicted molar refractivity (Wildman–Crippen MR) is 111 cm³/mol. The van der Waals surface area contributed by atoms with Crippen molar-refractivity contribution in [2.75, 3.05) is 5.32 Å². The lowest BCUT2D eigenvalue weighted by Gasteiger charge is -2.06. The van der Waals surface area contributed by atoms with Gasteiger partial charge >= 0.3 is 0 Å². The molecule has 2 N–H and O–H groups in total. The minimum Gasteiger partial charge on any atom is -0.302 e. The van der Waals surface area contributed by atoms with Crippen LogP contribution in [0.2, 0.25) is 5.02 Å². The maximum atomic E-state index is 11.2. The van der Waals surface area contributed by atoms with Gasteiger partial charge in [-0.15, -0.1) is 11.3 Å². The molecule has 3 heterocycles. The number of rotatable bonds is 5. The summed E-state index contributed by atoms with van der Waals surface area (Å²) >= 11 is 7.43. The summed E-state index contributed by atoms with van der Waals surface area (Å²) in [5, 5.41) is 13.6. The Morgan fingerprint density at radius 2 is 1.89 bits per heavy atom. The number of aromatic nitrogens is 4. The minimum atomic E-state index is -0.134. The second-order valence-corrected chi connectivity index (χ2v) is 7.47. The van der Waals surface area contributed by atoms with Crippen molar-refractivity contribution in [1.82, 2.24) is 20.2 Å². The highest BCUT2D eigenvalue weighted by atomic mass is 35.5. The van der Waals surface area contributed by atoms with Crippen LogP contribution >= 0.6 is 22.9 Å². The molecule has 0 fully saturated rings. The van der Waals surface area contributed by atoms with E-state index in [0.29, 0.717) is 16.6 Å². The molecule has 0 radical (unpaired) electrons. The molecule has 6 nitrogen and oxygen atoms in total. The number of benzene rings is 1. The van der Waals surface area contributed by atoms with Crippen LogP contribution in [-0.4, -0.2) is 26.1 Å². The lowest BCUT2D eigenvalue weighted by atomic mass is 9.98. The first-order valence-corrected chi connectivity index (χ1v) is 9.81. The van der Waals surface area contributed by atoms with E-state index in [9.17, 15) is 4.79 Å². The van der Waals surface area contributed by atoms with Gasteiger partial charge in [-0.05, 0) is 29.8 Å². The number of anilines is 1. The Balaban J connectivity index is 1.74. The number of hydrogen-bond donors (Lipinski definition) is 2. The fraction of sp³-hybridized carbons (Fsp3) is 0.100. The van der Waals surface area contributed by atoms with Gasteiger partial charge in [0.15, 0.2) is 5.13 Å². The number of nitrogens with zero attached hydrogens (tertiary/aromatic N) is 3. The highest BCUT2D eigenvalue weighted by Crippen LogP contribution is 2.34. The highest BCUT2D eigenvalue weighted by Gasteiger charge is 2.18. The van der Waals surface area contributed by atoms with Crippen molar-refractivity contribution in [2.24, 2.45) is 0 Å². The van der Waals surface area contributed by atoms with E-state index in [1.165, 1.54) is 18.3 Å². The first-order chi connectivity index (χ1) is 13.6. The van der Waals surface area contributed by atoms with Crippen LogP contribution in [0, 0.1) is 0 Å². The highest BCUT2D eigenvalue weighted by molar-refractivity contribution is 7.13. The Hall–Kier alpha value is -3.03. The normalized spacial score (nSPS) is 10.8. The van der Waals surface area contributed by atoms with E-state index in [1.54, 1.807) is 12.4 Å². The van der Waals surface area contributed by atoms with Gasteiger partial charge in [0.2, 0.25) is 5.91 Å². The predicted octanol–water partition coefficient (Wildman–Crippen LogP) is 4.80. The molecule has 0 aliphatic rings. The standard InChI is InChI=1S/C20H16ClN5OS/c1-12(27)23-20-24-16(11-28-20)10-17-18(13-6-8-22-9-7-13)19(26-25-17)14-2-4-15(21)5-3-14/h2-9,11H,10H2,1H3,(H,25,26)(H,23,24,27). The minimum absolute atomic E-state index is 0.134. The Labute approximate surface area is 170 Å². The summed E-state index contributed by atoms with van der Waals surface area (Å²) in [5.74, 6) is -0.134. The molecule has 0 saturated carbocycles. The van der Waals surface area contributed by atoms with Gasteiger partial charge in [0, 0.05) is 53.0 Å². The van der Waals surface area contributed by atoms with Gasteiger partial charge in [-0.3, -0.25) is 14.9 Å². The summed E-state index contributed by atoms with van der Waals surface area (Å²) in [6.07, 6.45) is 4.08. The van der Waals surface area contributed by atoms with Crippen LogP contribution in [0.5, 0.6) is 0 Å². The van der Waals surface area contributed by atoms with Crippen molar-refractivity contribution in [3.8, 4) is 22.4 Å². The fourth-order valence-corrected chi connectivity index (χ4v) is 3.81. The molecule has 1 aromatic carbocycles. The van der Waals surface area contributed by atoms with Crippen molar-refractivity contribution >= 4 is 34.0 Å². The van der Waals surface area contributed by atoms with Gasteiger partial charge in [0.05, 0.1) is 5.69 Å². The van der Waals surface area contributed by atoms with Gasteiger partial charge in [-0.25, -0.2) is 4.98 Å². The first kappa shape index (κ1) is 18.3. The van der Waals surface area contributed by atoms with E-state index >= 15 is 0 Å². The molecule has 3 aromatic heterocycles. The molecule has 0 aliphatic carbocycles. The molecule has 0 saturated heterocycles. The lowest BCUT2D eigenvalue weighted by molar-refractivity contribution is -0.114. The molecule has 140 valence electrons. The third-order valence-electron chi connectivity index (χ3n) is 4.12. The largest absolute Gasteiger partial charge is 0.302 e. The molecule has 4 rings (SSSR count). The van der Waals surface area contributed by atoms with Crippen molar-refractivity contribution in [2.45, 2.75) is 13.3 Å². The zero-order chi connectivity index (χ0) is 19.5. The van der Waals surface area contributed by atoms with Crippen molar-refractivity contribution in [3.63, 3.8) is 0 Å². The first-order valence-electron chi connectivity index (χ1n) is 8.55. The molecule has 0 aliphatic heterocycles. The maximum Gasteiger partial charge on any atom is 0.223 e. The van der Waals surface area contributed by atoms with Gasteiger partial charge in [-0.2, -0.15) is 5.10 Å². The number of amides is 1. The summed E-state index contributed by atoms with van der Waals surface area (Å²) in [7, 11) is 0. The number of halogens is 1. The van der Waals surface area contributed by atoms with E-state index < -0.39 is 0 Å². The lowest BCUT2D eigenvalue weighted by Crippen LogP contribution is -2.05. The molecule has 0 unspecified atom stereocenters. The molecular formula is C20H16ClN5OS. The Morgan fingerprint density at radius 3 is 2.61 bits per heavy atom. The molecule has 8 heteroatoms. The zero-order valence-electron chi connectivity index (χ0n) is 14.9. The maximum absolute atomic E-state index is 11.2. The van der Waals surface area contributed by atoms with E-state index in [1.807, 2.05) is 41.8 Å². The van der Waals surface area contributed by atoms with Crippen molar-refractivity contribution < 1.29 is 4.79 Å².